The normalized spacial score (nSPS) is 17.7. The van der Waals surface area contributed by atoms with Gasteiger partial charge in [-0.25, -0.2) is 4.98 Å². The van der Waals surface area contributed by atoms with Crippen LogP contribution in [0.3, 0.4) is 0 Å². The average Bonchev–Trinajstić information content (AvgIpc) is 2.89. The van der Waals surface area contributed by atoms with E-state index >= 15 is 0 Å². The van der Waals surface area contributed by atoms with Gasteiger partial charge in [0, 0.05) is 18.7 Å². The van der Waals surface area contributed by atoms with Crippen LogP contribution in [-0.2, 0) is 11.3 Å². The third kappa shape index (κ3) is 3.50. The second-order valence-electron chi connectivity index (χ2n) is 6.48. The van der Waals surface area contributed by atoms with Crippen molar-refractivity contribution in [1.82, 2.24) is 19.5 Å². The van der Waals surface area contributed by atoms with E-state index in [9.17, 15) is 14.6 Å². The quantitative estimate of drug-likeness (QED) is 0.477. The highest BCUT2D eigenvalue weighted by Crippen LogP contribution is 2.30. The van der Waals surface area contributed by atoms with Gasteiger partial charge in [0.05, 0.1) is 6.33 Å². The Hall–Kier alpha value is -2.94. The summed E-state index contributed by atoms with van der Waals surface area (Å²) in [6.07, 6.45) is 4.44. The van der Waals surface area contributed by atoms with E-state index in [1.54, 1.807) is 23.0 Å². The third-order valence-electron chi connectivity index (χ3n) is 4.65. The third-order valence-corrected chi connectivity index (χ3v) is 4.65. The largest absolute Gasteiger partial charge is 0.504 e. The van der Waals surface area contributed by atoms with Crippen LogP contribution in [0.25, 0.3) is 11.2 Å². The van der Waals surface area contributed by atoms with Crippen molar-refractivity contribution >= 4 is 17.0 Å². The van der Waals surface area contributed by atoms with Gasteiger partial charge >= 0.3 is 6.08 Å². The number of benzene rings is 1. The summed E-state index contributed by atoms with van der Waals surface area (Å²) in [7, 11) is 0. The first kappa shape index (κ1) is 17.5. The maximum atomic E-state index is 14.0. The van der Waals surface area contributed by atoms with Gasteiger partial charge in [0.15, 0.2) is 28.5 Å². The molecule has 4 rings (SSSR count). The maximum absolute atomic E-state index is 14.0. The lowest BCUT2D eigenvalue weighted by Crippen LogP contribution is -2.12. The Morgan fingerprint density at radius 2 is 2.11 bits per heavy atom. The molecule has 1 atom stereocenters. The molecule has 9 heteroatoms. The highest BCUT2D eigenvalue weighted by atomic mass is 19.1. The van der Waals surface area contributed by atoms with Gasteiger partial charge in [-0.05, 0) is 25.3 Å². The molecule has 27 heavy (non-hydrogen) atoms. The van der Waals surface area contributed by atoms with Crippen LogP contribution in [-0.4, -0.2) is 36.3 Å². The fraction of sp³-hybridized carbons (Fsp3) is 0.389. The minimum Gasteiger partial charge on any atom is -0.504 e. The fourth-order valence-electron chi connectivity index (χ4n) is 3.24. The lowest BCUT2D eigenvalue weighted by molar-refractivity contribution is 0.00928. The number of phenols is 2. The molecule has 1 aliphatic rings. The molecule has 3 heterocycles. The number of imidazole rings is 1. The van der Waals surface area contributed by atoms with Gasteiger partial charge in [-0.15, -0.1) is 0 Å². The first-order chi connectivity index (χ1) is 13.1. The van der Waals surface area contributed by atoms with E-state index in [-0.39, 0.29) is 30.1 Å². The number of hydrogen-bond acceptors (Lipinski definition) is 7. The zero-order chi connectivity index (χ0) is 18.8. The second kappa shape index (κ2) is 7.36. The van der Waals surface area contributed by atoms with Crippen LogP contribution in [0.2, 0.25) is 0 Å². The molecule has 0 saturated carbocycles. The van der Waals surface area contributed by atoms with Gasteiger partial charge in [-0.2, -0.15) is 14.4 Å². The summed E-state index contributed by atoms with van der Waals surface area (Å²) in [6, 6.07) is 4.64. The molecule has 1 unspecified atom stereocenters. The monoisotopic (exact) mass is 373 g/mol. The Kier molecular flexibility index (Phi) is 4.76. The molecule has 1 aromatic carbocycles. The molecule has 2 aromatic heterocycles. The first-order valence-corrected chi connectivity index (χ1v) is 8.89. The summed E-state index contributed by atoms with van der Waals surface area (Å²) < 4.78 is 21.6. The Labute approximate surface area is 154 Å². The summed E-state index contributed by atoms with van der Waals surface area (Å²) in [5.74, 6) is -0.233. The summed E-state index contributed by atoms with van der Waals surface area (Å²) in [6.45, 7) is 0.790. The van der Waals surface area contributed by atoms with E-state index < -0.39 is 6.08 Å². The highest BCUT2D eigenvalue weighted by molar-refractivity contribution is 5.82. The second-order valence-corrected chi connectivity index (χ2v) is 6.48. The van der Waals surface area contributed by atoms with Crippen LogP contribution in [0, 0.1) is 6.08 Å². The Morgan fingerprint density at radius 3 is 3.00 bits per heavy atom. The number of para-hydroxylation sites is 1. The molecule has 142 valence electrons. The van der Waals surface area contributed by atoms with Crippen LogP contribution in [0.1, 0.15) is 37.5 Å². The molecule has 0 amide bonds. The molecule has 1 fully saturated rings. The van der Waals surface area contributed by atoms with Crippen molar-refractivity contribution in [2.75, 3.05) is 11.9 Å². The van der Waals surface area contributed by atoms with Crippen molar-refractivity contribution in [3.63, 3.8) is 0 Å². The number of anilines is 1. The minimum absolute atomic E-state index is 0.137. The molecule has 1 saturated heterocycles. The number of halogens is 1. The zero-order valence-corrected chi connectivity index (χ0v) is 14.6. The number of ether oxygens (including phenoxy) is 1. The zero-order valence-electron chi connectivity index (χ0n) is 14.6. The minimum atomic E-state index is -0.875. The summed E-state index contributed by atoms with van der Waals surface area (Å²) in [5.41, 5.74) is 1.23. The molecule has 3 N–H and O–H groups in total. The van der Waals surface area contributed by atoms with E-state index in [2.05, 4.69) is 20.3 Å². The summed E-state index contributed by atoms with van der Waals surface area (Å²) >= 11 is 0. The van der Waals surface area contributed by atoms with Crippen molar-refractivity contribution in [1.29, 1.82) is 0 Å². The Bertz CT molecular complexity index is 954. The van der Waals surface area contributed by atoms with Gasteiger partial charge in [0.25, 0.3) is 0 Å². The standard InChI is InChI=1S/C18H20FN5O3/c19-18-22-16(20-9-11-5-4-6-12(25)15(11)26)14-17(23-18)24(10-21-14)13-7-2-1-3-8-27-13/h4-6,10,13,25-26H,1-3,7-9H2,(H,20,22,23). The van der Waals surface area contributed by atoms with Crippen molar-refractivity contribution in [2.45, 2.75) is 38.5 Å². The predicted octanol–water partition coefficient (Wildman–Crippen LogP) is 3.08. The lowest BCUT2D eigenvalue weighted by atomic mass is 10.2. The number of aromatic hydroxyl groups is 2. The number of nitrogens with one attached hydrogen (secondary N) is 1. The maximum Gasteiger partial charge on any atom is 0.312 e. The molecule has 1 aliphatic heterocycles. The predicted molar refractivity (Wildman–Crippen MR) is 95.8 cm³/mol. The summed E-state index contributed by atoms with van der Waals surface area (Å²) in [5, 5.41) is 22.5. The van der Waals surface area contributed by atoms with Crippen LogP contribution in [0.4, 0.5) is 10.2 Å². The van der Waals surface area contributed by atoms with Gasteiger partial charge < -0.3 is 20.3 Å². The molecular formula is C18H20FN5O3. The van der Waals surface area contributed by atoms with E-state index in [0.717, 1.165) is 25.7 Å². The van der Waals surface area contributed by atoms with Crippen LogP contribution in [0.15, 0.2) is 24.5 Å². The van der Waals surface area contributed by atoms with Crippen molar-refractivity contribution in [3.05, 3.63) is 36.2 Å². The van der Waals surface area contributed by atoms with Gasteiger partial charge in [0.2, 0.25) is 0 Å². The topological polar surface area (TPSA) is 105 Å². The van der Waals surface area contributed by atoms with Crippen molar-refractivity contribution in [3.8, 4) is 11.5 Å². The molecule has 0 radical (unpaired) electrons. The molecular weight excluding hydrogens is 353 g/mol. The molecule has 3 aromatic rings. The Morgan fingerprint density at radius 1 is 1.22 bits per heavy atom. The number of rotatable bonds is 4. The fourth-order valence-corrected chi connectivity index (χ4v) is 3.24. The SMILES string of the molecule is Oc1cccc(CNc2nc(F)nc3c2ncn3C2CCCCCO2)c1O. The number of aromatic nitrogens is 4. The molecule has 0 bridgehead atoms. The average molecular weight is 373 g/mol. The van der Waals surface area contributed by atoms with Gasteiger partial charge in [0.1, 0.15) is 6.23 Å². The van der Waals surface area contributed by atoms with E-state index in [1.165, 1.54) is 6.07 Å². The van der Waals surface area contributed by atoms with Crippen LogP contribution >= 0.6 is 0 Å². The molecule has 0 spiro atoms. The summed E-state index contributed by atoms with van der Waals surface area (Å²) in [4.78, 5) is 12.0. The van der Waals surface area contributed by atoms with E-state index in [0.29, 0.717) is 23.3 Å². The van der Waals surface area contributed by atoms with Crippen molar-refractivity contribution < 1.29 is 19.3 Å². The Balaban J connectivity index is 1.64. The highest BCUT2D eigenvalue weighted by Gasteiger charge is 2.21. The first-order valence-electron chi connectivity index (χ1n) is 8.89. The number of fused-ring (bicyclic) bond motifs is 1. The van der Waals surface area contributed by atoms with Crippen LogP contribution in [0.5, 0.6) is 11.5 Å². The number of phenolic OH excluding ortho intramolecular Hbond substituents is 2. The van der Waals surface area contributed by atoms with E-state index in [1.807, 2.05) is 0 Å². The number of nitrogens with zero attached hydrogens (tertiary/aromatic N) is 4. The molecule has 0 aliphatic carbocycles. The van der Waals surface area contributed by atoms with Gasteiger partial charge in [-0.3, -0.25) is 4.57 Å². The van der Waals surface area contributed by atoms with Gasteiger partial charge in [-0.1, -0.05) is 18.6 Å². The van der Waals surface area contributed by atoms with E-state index in [4.69, 9.17) is 4.74 Å². The number of hydrogen-bond donors (Lipinski definition) is 3. The van der Waals surface area contributed by atoms with Crippen molar-refractivity contribution in [2.24, 2.45) is 0 Å². The smallest absolute Gasteiger partial charge is 0.312 e. The van der Waals surface area contributed by atoms with Crippen LogP contribution < -0.4 is 5.32 Å². The lowest BCUT2D eigenvalue weighted by Gasteiger charge is -2.17. The molecule has 8 nitrogen and oxygen atoms in total.